The summed E-state index contributed by atoms with van der Waals surface area (Å²) in [6, 6.07) is 9.26. The molecule has 94 valence electrons. The van der Waals surface area contributed by atoms with Crippen LogP contribution in [0.5, 0.6) is 0 Å². The first kappa shape index (κ1) is 12.6. The number of ether oxygens (including phenoxy) is 1. The zero-order valence-electron chi connectivity index (χ0n) is 9.97. The van der Waals surface area contributed by atoms with Crippen LogP contribution in [0.2, 0.25) is 0 Å². The Morgan fingerprint density at radius 1 is 1.44 bits per heavy atom. The largest absolute Gasteiger partial charge is 0.397 e. The number of anilines is 2. The number of rotatable bonds is 4. The summed E-state index contributed by atoms with van der Waals surface area (Å²) in [6.45, 7) is 0.519. The monoisotopic (exact) mass is 262 g/mol. The third kappa shape index (κ3) is 2.88. The van der Waals surface area contributed by atoms with Gasteiger partial charge in [-0.05, 0) is 29.1 Å². The van der Waals surface area contributed by atoms with E-state index in [4.69, 9.17) is 10.5 Å². The molecule has 1 amide bonds. The Kier molecular flexibility index (Phi) is 3.96. The lowest BCUT2D eigenvalue weighted by molar-refractivity contribution is 0.103. The minimum atomic E-state index is -0.183. The predicted molar refractivity (Wildman–Crippen MR) is 73.8 cm³/mol. The van der Waals surface area contributed by atoms with E-state index in [1.165, 1.54) is 11.3 Å². The second-order valence-electron chi connectivity index (χ2n) is 3.79. The van der Waals surface area contributed by atoms with E-state index in [1.54, 1.807) is 18.6 Å². The number of thiophene rings is 1. The van der Waals surface area contributed by atoms with Crippen LogP contribution in [0.4, 0.5) is 11.4 Å². The lowest BCUT2D eigenvalue weighted by Crippen LogP contribution is -2.12. The Balaban J connectivity index is 2.12. The molecule has 0 atom stereocenters. The molecule has 1 aromatic heterocycles. The quantitative estimate of drug-likeness (QED) is 0.890. The van der Waals surface area contributed by atoms with Gasteiger partial charge in [0.05, 0.1) is 12.3 Å². The average Bonchev–Trinajstić information content (AvgIpc) is 2.76. The van der Waals surface area contributed by atoms with Crippen molar-refractivity contribution in [3.63, 3.8) is 0 Å². The van der Waals surface area contributed by atoms with Gasteiger partial charge in [-0.2, -0.15) is 0 Å². The molecule has 0 saturated carbocycles. The van der Waals surface area contributed by atoms with Crippen LogP contribution in [-0.4, -0.2) is 13.0 Å². The topological polar surface area (TPSA) is 64.3 Å². The standard InChI is InChI=1S/C13H14N2O2S/c1-17-8-9-3-2-4-10(7-9)15-13(16)12-11(14)5-6-18-12/h2-7H,8,14H2,1H3,(H,15,16). The van der Waals surface area contributed by atoms with Gasteiger partial charge in [0, 0.05) is 12.8 Å². The molecule has 0 radical (unpaired) electrons. The van der Waals surface area contributed by atoms with E-state index in [0.717, 1.165) is 11.3 Å². The molecule has 5 heteroatoms. The maximum atomic E-state index is 12.0. The minimum Gasteiger partial charge on any atom is -0.397 e. The van der Waals surface area contributed by atoms with Crippen molar-refractivity contribution in [1.29, 1.82) is 0 Å². The number of carbonyl (C=O) groups excluding carboxylic acids is 1. The van der Waals surface area contributed by atoms with Crippen molar-refractivity contribution in [2.75, 3.05) is 18.2 Å². The Hall–Kier alpha value is -1.85. The number of methoxy groups -OCH3 is 1. The molecule has 0 aliphatic heterocycles. The number of nitrogen functional groups attached to an aromatic ring is 1. The zero-order chi connectivity index (χ0) is 13.0. The lowest BCUT2D eigenvalue weighted by Gasteiger charge is -2.06. The van der Waals surface area contributed by atoms with Crippen LogP contribution < -0.4 is 11.1 Å². The first-order valence-electron chi connectivity index (χ1n) is 5.43. The summed E-state index contributed by atoms with van der Waals surface area (Å²) >= 11 is 1.33. The molecule has 0 unspecified atom stereocenters. The van der Waals surface area contributed by atoms with Crippen LogP contribution in [0.3, 0.4) is 0 Å². The third-order valence-electron chi connectivity index (χ3n) is 2.40. The molecule has 4 nitrogen and oxygen atoms in total. The van der Waals surface area contributed by atoms with Crippen LogP contribution in [0.25, 0.3) is 0 Å². The van der Waals surface area contributed by atoms with E-state index in [0.29, 0.717) is 17.2 Å². The fourth-order valence-corrected chi connectivity index (χ4v) is 2.31. The SMILES string of the molecule is COCc1cccc(NC(=O)c2sccc2N)c1. The summed E-state index contributed by atoms with van der Waals surface area (Å²) in [7, 11) is 1.64. The fourth-order valence-electron chi connectivity index (χ4n) is 1.60. The summed E-state index contributed by atoms with van der Waals surface area (Å²) in [5.41, 5.74) is 7.95. The summed E-state index contributed by atoms with van der Waals surface area (Å²) in [5.74, 6) is -0.183. The minimum absolute atomic E-state index is 0.183. The average molecular weight is 262 g/mol. The molecular weight excluding hydrogens is 248 g/mol. The Bertz CT molecular complexity index is 551. The Labute approximate surface area is 109 Å². The van der Waals surface area contributed by atoms with Gasteiger partial charge in [0.25, 0.3) is 5.91 Å². The number of amides is 1. The smallest absolute Gasteiger partial charge is 0.267 e. The highest BCUT2D eigenvalue weighted by Crippen LogP contribution is 2.21. The van der Waals surface area contributed by atoms with Gasteiger partial charge < -0.3 is 15.8 Å². The van der Waals surface area contributed by atoms with Crippen LogP contribution >= 0.6 is 11.3 Å². The molecular formula is C13H14N2O2S. The molecule has 3 N–H and O–H groups in total. The van der Waals surface area contributed by atoms with Crippen molar-refractivity contribution in [2.24, 2.45) is 0 Å². The van der Waals surface area contributed by atoms with Crippen LogP contribution in [0, 0.1) is 0 Å². The second-order valence-corrected chi connectivity index (χ2v) is 4.71. The number of nitrogens with two attached hydrogens (primary N) is 1. The van der Waals surface area contributed by atoms with Crippen molar-refractivity contribution >= 4 is 28.6 Å². The van der Waals surface area contributed by atoms with Gasteiger partial charge in [-0.3, -0.25) is 4.79 Å². The molecule has 0 aliphatic rings. The maximum Gasteiger partial charge on any atom is 0.267 e. The molecule has 0 spiro atoms. The molecule has 1 aromatic carbocycles. The first-order chi connectivity index (χ1) is 8.70. The molecule has 1 heterocycles. The van der Waals surface area contributed by atoms with Gasteiger partial charge >= 0.3 is 0 Å². The van der Waals surface area contributed by atoms with Gasteiger partial charge in [-0.1, -0.05) is 12.1 Å². The normalized spacial score (nSPS) is 10.3. The Morgan fingerprint density at radius 3 is 2.94 bits per heavy atom. The lowest BCUT2D eigenvalue weighted by atomic mass is 10.2. The van der Waals surface area contributed by atoms with E-state index < -0.39 is 0 Å². The van der Waals surface area contributed by atoms with Gasteiger partial charge in [0.1, 0.15) is 4.88 Å². The van der Waals surface area contributed by atoms with E-state index in [1.807, 2.05) is 24.3 Å². The van der Waals surface area contributed by atoms with E-state index in [2.05, 4.69) is 5.32 Å². The molecule has 0 aliphatic carbocycles. The second kappa shape index (κ2) is 5.66. The third-order valence-corrected chi connectivity index (χ3v) is 3.33. The fraction of sp³-hybridized carbons (Fsp3) is 0.154. The number of nitrogens with one attached hydrogen (secondary N) is 1. The predicted octanol–water partition coefficient (Wildman–Crippen LogP) is 2.73. The highest BCUT2D eigenvalue weighted by Gasteiger charge is 2.11. The molecule has 2 rings (SSSR count). The number of hydrogen-bond acceptors (Lipinski definition) is 4. The summed E-state index contributed by atoms with van der Waals surface area (Å²) < 4.78 is 5.05. The van der Waals surface area contributed by atoms with Crippen molar-refractivity contribution in [3.8, 4) is 0 Å². The van der Waals surface area contributed by atoms with Gasteiger partial charge in [0.15, 0.2) is 0 Å². The number of benzene rings is 1. The van der Waals surface area contributed by atoms with Crippen molar-refractivity contribution in [2.45, 2.75) is 6.61 Å². The molecule has 18 heavy (non-hydrogen) atoms. The summed E-state index contributed by atoms with van der Waals surface area (Å²) in [6.07, 6.45) is 0. The Morgan fingerprint density at radius 2 is 2.28 bits per heavy atom. The molecule has 0 saturated heterocycles. The number of hydrogen-bond donors (Lipinski definition) is 2. The van der Waals surface area contributed by atoms with Gasteiger partial charge in [-0.15, -0.1) is 11.3 Å². The van der Waals surface area contributed by atoms with Crippen molar-refractivity contribution in [1.82, 2.24) is 0 Å². The first-order valence-corrected chi connectivity index (χ1v) is 6.31. The van der Waals surface area contributed by atoms with E-state index in [9.17, 15) is 4.79 Å². The highest BCUT2D eigenvalue weighted by molar-refractivity contribution is 7.12. The summed E-state index contributed by atoms with van der Waals surface area (Å²) in [4.78, 5) is 12.5. The number of carbonyl (C=O) groups is 1. The van der Waals surface area contributed by atoms with E-state index >= 15 is 0 Å². The molecule has 0 bridgehead atoms. The molecule has 2 aromatic rings. The van der Waals surface area contributed by atoms with Crippen LogP contribution in [0.1, 0.15) is 15.2 Å². The zero-order valence-corrected chi connectivity index (χ0v) is 10.8. The maximum absolute atomic E-state index is 12.0. The van der Waals surface area contributed by atoms with Crippen LogP contribution in [0.15, 0.2) is 35.7 Å². The van der Waals surface area contributed by atoms with Crippen LogP contribution in [-0.2, 0) is 11.3 Å². The van der Waals surface area contributed by atoms with Gasteiger partial charge in [0.2, 0.25) is 0 Å². The van der Waals surface area contributed by atoms with E-state index in [-0.39, 0.29) is 5.91 Å². The molecule has 0 fully saturated rings. The summed E-state index contributed by atoms with van der Waals surface area (Å²) in [5, 5.41) is 4.62. The van der Waals surface area contributed by atoms with Gasteiger partial charge in [-0.25, -0.2) is 0 Å². The van der Waals surface area contributed by atoms with Crippen molar-refractivity contribution in [3.05, 3.63) is 46.2 Å². The highest BCUT2D eigenvalue weighted by atomic mass is 32.1. The van der Waals surface area contributed by atoms with Crippen molar-refractivity contribution < 1.29 is 9.53 Å².